The predicted octanol–water partition coefficient (Wildman–Crippen LogP) is 4.64. The number of rotatable bonds is 2. The van der Waals surface area contributed by atoms with Gasteiger partial charge in [0, 0.05) is 9.79 Å². The Hall–Kier alpha value is -1.57. The van der Waals surface area contributed by atoms with E-state index in [9.17, 15) is 8.78 Å². The maximum atomic E-state index is 13.0. The second-order valence-electron chi connectivity index (χ2n) is 3.43. The topological polar surface area (TPSA) is 23.8 Å². The van der Waals surface area contributed by atoms with Crippen molar-refractivity contribution in [1.82, 2.24) is 0 Å². The summed E-state index contributed by atoms with van der Waals surface area (Å²) in [5.74, 6) is -1.77. The molecule has 0 aromatic heterocycles. The molecule has 0 N–H and O–H groups in total. The third kappa shape index (κ3) is 2.81. The van der Waals surface area contributed by atoms with Crippen molar-refractivity contribution >= 4 is 23.4 Å². The molecule has 2 aromatic rings. The highest BCUT2D eigenvalue weighted by molar-refractivity contribution is 7.99. The van der Waals surface area contributed by atoms with E-state index in [1.54, 1.807) is 18.2 Å². The smallest absolute Gasteiger partial charge is 0.159 e. The van der Waals surface area contributed by atoms with E-state index in [2.05, 4.69) is 0 Å². The normalized spacial score (nSPS) is 10.1. The van der Waals surface area contributed by atoms with E-state index >= 15 is 0 Å². The molecule has 0 atom stereocenters. The molecular formula is C13H6ClF2NS. The van der Waals surface area contributed by atoms with E-state index in [-0.39, 0.29) is 0 Å². The molecule has 0 aliphatic carbocycles. The Morgan fingerprint density at radius 3 is 2.28 bits per heavy atom. The zero-order valence-electron chi connectivity index (χ0n) is 8.95. The van der Waals surface area contributed by atoms with Crippen LogP contribution in [0.5, 0.6) is 0 Å². The Balaban J connectivity index is 2.26. The molecule has 2 aromatic carbocycles. The van der Waals surface area contributed by atoms with Crippen LogP contribution in [0.25, 0.3) is 0 Å². The molecule has 18 heavy (non-hydrogen) atoms. The number of nitrogens with zero attached hydrogens (tertiary/aromatic N) is 1. The third-order valence-electron chi connectivity index (χ3n) is 2.19. The van der Waals surface area contributed by atoms with Gasteiger partial charge in [-0.15, -0.1) is 0 Å². The van der Waals surface area contributed by atoms with Crippen molar-refractivity contribution in [3.8, 4) is 6.07 Å². The summed E-state index contributed by atoms with van der Waals surface area (Å²) in [5, 5.41) is 9.07. The lowest BCUT2D eigenvalue weighted by molar-refractivity contribution is 0.506. The highest BCUT2D eigenvalue weighted by Gasteiger charge is 2.06. The molecule has 0 unspecified atom stereocenters. The zero-order valence-corrected chi connectivity index (χ0v) is 10.5. The number of nitriles is 1. The lowest BCUT2D eigenvalue weighted by Crippen LogP contribution is -1.84. The van der Waals surface area contributed by atoms with Gasteiger partial charge < -0.3 is 0 Å². The summed E-state index contributed by atoms with van der Waals surface area (Å²) >= 11 is 7.13. The van der Waals surface area contributed by atoms with Crippen LogP contribution in [-0.2, 0) is 0 Å². The van der Waals surface area contributed by atoms with Crippen molar-refractivity contribution in [2.45, 2.75) is 9.79 Å². The maximum Gasteiger partial charge on any atom is 0.159 e. The molecule has 0 amide bonds. The van der Waals surface area contributed by atoms with Gasteiger partial charge in [-0.3, -0.25) is 0 Å². The molecule has 2 rings (SSSR count). The van der Waals surface area contributed by atoms with Crippen LogP contribution in [0.15, 0.2) is 46.2 Å². The summed E-state index contributed by atoms with van der Waals surface area (Å²) in [4.78, 5) is 1.32. The first kappa shape index (κ1) is 12.9. The second-order valence-corrected chi connectivity index (χ2v) is 4.99. The first-order valence-corrected chi connectivity index (χ1v) is 6.12. The third-order valence-corrected chi connectivity index (χ3v) is 3.48. The van der Waals surface area contributed by atoms with Crippen LogP contribution in [0.3, 0.4) is 0 Å². The Morgan fingerprint density at radius 2 is 1.67 bits per heavy atom. The molecule has 0 saturated heterocycles. The van der Waals surface area contributed by atoms with Gasteiger partial charge >= 0.3 is 0 Å². The van der Waals surface area contributed by atoms with E-state index in [1.807, 2.05) is 6.07 Å². The molecule has 1 nitrogen and oxygen atoms in total. The minimum atomic E-state index is -0.889. The summed E-state index contributed by atoms with van der Waals surface area (Å²) in [7, 11) is 0. The average Bonchev–Trinajstić information content (AvgIpc) is 2.34. The molecule has 90 valence electrons. The highest BCUT2D eigenvalue weighted by Crippen LogP contribution is 2.31. The SMILES string of the molecule is N#Cc1ccc(Sc2ccc(F)c(F)c2)cc1Cl. The van der Waals surface area contributed by atoms with Gasteiger partial charge in [0.15, 0.2) is 11.6 Å². The number of hydrogen-bond donors (Lipinski definition) is 0. The predicted molar refractivity (Wildman–Crippen MR) is 66.6 cm³/mol. The van der Waals surface area contributed by atoms with Crippen LogP contribution in [0.2, 0.25) is 5.02 Å². The minimum absolute atomic E-state index is 0.338. The van der Waals surface area contributed by atoms with Crippen LogP contribution in [0.4, 0.5) is 8.78 Å². The van der Waals surface area contributed by atoms with E-state index in [4.69, 9.17) is 16.9 Å². The Bertz CT molecular complexity index is 637. The Labute approximate surface area is 112 Å². The second kappa shape index (κ2) is 5.38. The van der Waals surface area contributed by atoms with Crippen molar-refractivity contribution in [3.63, 3.8) is 0 Å². The van der Waals surface area contributed by atoms with Gasteiger partial charge in [-0.1, -0.05) is 23.4 Å². The van der Waals surface area contributed by atoms with Gasteiger partial charge in [0.05, 0.1) is 10.6 Å². The zero-order chi connectivity index (χ0) is 13.1. The van der Waals surface area contributed by atoms with E-state index in [0.717, 1.165) is 17.0 Å². The molecule has 0 aliphatic heterocycles. The Morgan fingerprint density at radius 1 is 1.00 bits per heavy atom. The van der Waals surface area contributed by atoms with Gasteiger partial charge in [0.2, 0.25) is 0 Å². The fourth-order valence-corrected chi connectivity index (χ4v) is 2.50. The molecule has 0 radical (unpaired) electrons. The Kier molecular flexibility index (Phi) is 3.85. The van der Waals surface area contributed by atoms with E-state index in [0.29, 0.717) is 15.5 Å². The van der Waals surface area contributed by atoms with Gasteiger partial charge in [-0.2, -0.15) is 5.26 Å². The lowest BCUT2D eigenvalue weighted by atomic mass is 10.2. The van der Waals surface area contributed by atoms with Crippen molar-refractivity contribution in [2.24, 2.45) is 0 Å². The quantitative estimate of drug-likeness (QED) is 0.800. The summed E-state index contributed by atoms with van der Waals surface area (Å²) in [6.07, 6.45) is 0. The van der Waals surface area contributed by atoms with E-state index in [1.165, 1.54) is 17.8 Å². The van der Waals surface area contributed by atoms with Gasteiger partial charge in [-0.25, -0.2) is 8.78 Å². The van der Waals surface area contributed by atoms with Gasteiger partial charge in [-0.05, 0) is 36.4 Å². The summed E-state index contributed by atoms with van der Waals surface area (Å²) < 4.78 is 25.8. The van der Waals surface area contributed by atoms with Gasteiger partial charge in [0.1, 0.15) is 6.07 Å². The van der Waals surface area contributed by atoms with Crippen LogP contribution in [0.1, 0.15) is 5.56 Å². The van der Waals surface area contributed by atoms with Crippen LogP contribution in [-0.4, -0.2) is 0 Å². The first-order chi connectivity index (χ1) is 8.60. The van der Waals surface area contributed by atoms with E-state index < -0.39 is 11.6 Å². The molecule has 0 saturated carbocycles. The molecule has 5 heteroatoms. The molecule has 0 fully saturated rings. The number of benzene rings is 2. The van der Waals surface area contributed by atoms with Gasteiger partial charge in [0.25, 0.3) is 0 Å². The minimum Gasteiger partial charge on any atom is -0.204 e. The van der Waals surface area contributed by atoms with Crippen LogP contribution >= 0.6 is 23.4 Å². The molecule has 0 aliphatic rings. The summed E-state index contributed by atoms with van der Waals surface area (Å²) in [6.45, 7) is 0. The fourth-order valence-electron chi connectivity index (χ4n) is 1.33. The van der Waals surface area contributed by atoms with Crippen LogP contribution < -0.4 is 0 Å². The largest absolute Gasteiger partial charge is 0.204 e. The van der Waals surface area contributed by atoms with Crippen molar-refractivity contribution < 1.29 is 8.78 Å². The molecule has 0 heterocycles. The fraction of sp³-hybridized carbons (Fsp3) is 0. The monoisotopic (exact) mass is 281 g/mol. The lowest BCUT2D eigenvalue weighted by Gasteiger charge is -2.03. The molecule has 0 bridgehead atoms. The van der Waals surface area contributed by atoms with Crippen LogP contribution in [0, 0.1) is 23.0 Å². The first-order valence-electron chi connectivity index (χ1n) is 4.92. The maximum absolute atomic E-state index is 13.0. The summed E-state index contributed by atoms with van der Waals surface area (Å²) in [6, 6.07) is 10.5. The molecule has 0 spiro atoms. The standard InChI is InChI=1S/C13H6ClF2NS/c14-11-5-9(2-1-8(11)7-17)18-10-3-4-12(15)13(16)6-10/h1-6H. The highest BCUT2D eigenvalue weighted by atomic mass is 35.5. The van der Waals surface area contributed by atoms with Crippen molar-refractivity contribution in [1.29, 1.82) is 5.26 Å². The van der Waals surface area contributed by atoms with Crippen molar-refractivity contribution in [3.05, 3.63) is 58.6 Å². The molecular weight excluding hydrogens is 276 g/mol. The number of hydrogen-bond acceptors (Lipinski definition) is 2. The summed E-state index contributed by atoms with van der Waals surface area (Å²) in [5.41, 5.74) is 0.381. The number of halogens is 3. The van der Waals surface area contributed by atoms with Crippen molar-refractivity contribution in [2.75, 3.05) is 0 Å². The average molecular weight is 282 g/mol.